The average Bonchev–Trinajstić information content (AvgIpc) is 2.16. The van der Waals surface area contributed by atoms with Gasteiger partial charge in [0.05, 0.1) is 4.92 Å². The van der Waals surface area contributed by atoms with Gasteiger partial charge in [-0.25, -0.2) is 0 Å². The summed E-state index contributed by atoms with van der Waals surface area (Å²) >= 11 is 3.39. The standard InChI is InChI=1S/C10H9BrN2O2/c1-7(11)4-8-2-3-10(13(14)15)9(5-8)6-12/h2-3,5,7H,4H2,1H3. The van der Waals surface area contributed by atoms with E-state index in [-0.39, 0.29) is 16.1 Å². The van der Waals surface area contributed by atoms with Gasteiger partial charge in [0.25, 0.3) is 5.69 Å². The zero-order chi connectivity index (χ0) is 11.4. The third kappa shape index (κ3) is 3.03. The van der Waals surface area contributed by atoms with Crippen LogP contribution in [0.3, 0.4) is 0 Å². The van der Waals surface area contributed by atoms with Crippen molar-refractivity contribution in [3.8, 4) is 6.07 Å². The van der Waals surface area contributed by atoms with Crippen molar-refractivity contribution in [2.75, 3.05) is 0 Å². The summed E-state index contributed by atoms with van der Waals surface area (Å²) < 4.78 is 0. The molecule has 1 atom stereocenters. The van der Waals surface area contributed by atoms with Gasteiger partial charge in [0, 0.05) is 10.9 Å². The summed E-state index contributed by atoms with van der Waals surface area (Å²) in [6, 6.07) is 6.45. The number of hydrogen-bond donors (Lipinski definition) is 0. The van der Waals surface area contributed by atoms with E-state index in [1.807, 2.05) is 13.0 Å². The smallest absolute Gasteiger partial charge is 0.258 e. The van der Waals surface area contributed by atoms with Gasteiger partial charge < -0.3 is 0 Å². The summed E-state index contributed by atoms with van der Waals surface area (Å²) in [5.41, 5.74) is 0.899. The van der Waals surface area contributed by atoms with E-state index in [1.54, 1.807) is 12.1 Å². The highest BCUT2D eigenvalue weighted by Crippen LogP contribution is 2.20. The maximum Gasteiger partial charge on any atom is 0.287 e. The summed E-state index contributed by atoms with van der Waals surface area (Å²) in [5.74, 6) is 0. The van der Waals surface area contributed by atoms with E-state index in [0.29, 0.717) is 0 Å². The summed E-state index contributed by atoms with van der Waals surface area (Å²) in [7, 11) is 0. The van der Waals surface area contributed by atoms with Crippen molar-refractivity contribution in [2.45, 2.75) is 18.2 Å². The van der Waals surface area contributed by atoms with Crippen molar-refractivity contribution < 1.29 is 4.92 Å². The van der Waals surface area contributed by atoms with Crippen LogP contribution < -0.4 is 0 Å². The molecule has 0 heterocycles. The van der Waals surface area contributed by atoms with Crippen LogP contribution in [0.5, 0.6) is 0 Å². The monoisotopic (exact) mass is 268 g/mol. The maximum atomic E-state index is 10.6. The molecule has 0 aromatic heterocycles. The number of nitriles is 1. The summed E-state index contributed by atoms with van der Waals surface area (Å²) in [4.78, 5) is 10.3. The molecule has 0 N–H and O–H groups in total. The van der Waals surface area contributed by atoms with Crippen LogP contribution in [0.1, 0.15) is 18.1 Å². The Labute approximate surface area is 95.8 Å². The summed E-state index contributed by atoms with van der Waals surface area (Å²) in [6.45, 7) is 1.98. The lowest BCUT2D eigenvalue weighted by Gasteiger charge is -2.03. The number of nitrogens with zero attached hydrogens (tertiary/aromatic N) is 2. The first-order chi connectivity index (χ1) is 7.04. The number of benzene rings is 1. The Hall–Kier alpha value is -1.41. The largest absolute Gasteiger partial charge is 0.287 e. The second kappa shape index (κ2) is 4.89. The van der Waals surface area contributed by atoms with Crippen molar-refractivity contribution in [1.29, 1.82) is 5.26 Å². The number of halogens is 1. The predicted molar refractivity (Wildman–Crippen MR) is 59.9 cm³/mol. The first-order valence-electron chi connectivity index (χ1n) is 4.36. The van der Waals surface area contributed by atoms with Gasteiger partial charge in [-0.2, -0.15) is 5.26 Å². The third-order valence-electron chi connectivity index (χ3n) is 1.90. The normalized spacial score (nSPS) is 11.8. The van der Waals surface area contributed by atoms with Crippen molar-refractivity contribution in [2.24, 2.45) is 0 Å². The molecule has 1 unspecified atom stereocenters. The first-order valence-corrected chi connectivity index (χ1v) is 5.27. The fraction of sp³-hybridized carbons (Fsp3) is 0.300. The molecule has 1 rings (SSSR count). The van der Waals surface area contributed by atoms with E-state index in [0.717, 1.165) is 12.0 Å². The second-order valence-corrected chi connectivity index (χ2v) is 4.77. The van der Waals surface area contributed by atoms with Gasteiger partial charge in [-0.1, -0.05) is 28.9 Å². The Morgan fingerprint density at radius 2 is 2.33 bits per heavy atom. The highest BCUT2D eigenvalue weighted by molar-refractivity contribution is 9.09. The van der Waals surface area contributed by atoms with Crippen LogP contribution in [-0.2, 0) is 6.42 Å². The minimum Gasteiger partial charge on any atom is -0.258 e. The quantitative estimate of drug-likeness (QED) is 0.481. The number of hydrogen-bond acceptors (Lipinski definition) is 3. The average molecular weight is 269 g/mol. The minimum atomic E-state index is -0.542. The molecule has 0 aliphatic carbocycles. The Morgan fingerprint density at radius 3 is 2.80 bits per heavy atom. The Morgan fingerprint density at radius 1 is 1.67 bits per heavy atom. The zero-order valence-electron chi connectivity index (χ0n) is 8.11. The fourth-order valence-corrected chi connectivity index (χ4v) is 1.66. The molecular weight excluding hydrogens is 260 g/mol. The van der Waals surface area contributed by atoms with E-state index in [4.69, 9.17) is 5.26 Å². The molecule has 15 heavy (non-hydrogen) atoms. The molecule has 0 bridgehead atoms. The lowest BCUT2D eigenvalue weighted by atomic mass is 10.1. The molecule has 0 saturated carbocycles. The number of alkyl halides is 1. The van der Waals surface area contributed by atoms with Crippen LogP contribution in [0.25, 0.3) is 0 Å². The summed E-state index contributed by atoms with van der Waals surface area (Å²) in [5, 5.41) is 19.3. The van der Waals surface area contributed by atoms with Crippen LogP contribution in [0.15, 0.2) is 18.2 Å². The highest BCUT2D eigenvalue weighted by Gasteiger charge is 2.13. The van der Waals surface area contributed by atoms with Crippen LogP contribution >= 0.6 is 15.9 Å². The van der Waals surface area contributed by atoms with Gasteiger partial charge in [0.2, 0.25) is 0 Å². The number of nitro benzene ring substituents is 1. The molecule has 5 heteroatoms. The van der Waals surface area contributed by atoms with Crippen LogP contribution in [0, 0.1) is 21.4 Å². The van der Waals surface area contributed by atoms with Crippen molar-refractivity contribution in [3.05, 3.63) is 39.4 Å². The van der Waals surface area contributed by atoms with Crippen molar-refractivity contribution in [1.82, 2.24) is 0 Å². The number of rotatable bonds is 3. The Balaban J connectivity index is 3.09. The maximum absolute atomic E-state index is 10.6. The molecule has 0 spiro atoms. The third-order valence-corrected chi connectivity index (χ3v) is 2.22. The Kier molecular flexibility index (Phi) is 3.81. The molecule has 78 valence electrons. The molecule has 0 radical (unpaired) electrons. The molecule has 4 nitrogen and oxygen atoms in total. The molecule has 0 amide bonds. The molecule has 0 saturated heterocycles. The lowest BCUT2D eigenvalue weighted by Crippen LogP contribution is -1.99. The van der Waals surface area contributed by atoms with Gasteiger partial charge in [-0.15, -0.1) is 0 Å². The van der Waals surface area contributed by atoms with Gasteiger partial charge in [0.1, 0.15) is 11.6 Å². The SMILES string of the molecule is CC(Br)Cc1ccc([N+](=O)[O-])c(C#N)c1. The van der Waals surface area contributed by atoms with Crippen molar-refractivity contribution in [3.63, 3.8) is 0 Å². The van der Waals surface area contributed by atoms with Crippen LogP contribution in [-0.4, -0.2) is 9.75 Å². The van der Waals surface area contributed by atoms with Crippen LogP contribution in [0.2, 0.25) is 0 Å². The van der Waals surface area contributed by atoms with E-state index in [9.17, 15) is 10.1 Å². The van der Waals surface area contributed by atoms with Crippen LogP contribution in [0.4, 0.5) is 5.69 Å². The highest BCUT2D eigenvalue weighted by atomic mass is 79.9. The van der Waals surface area contributed by atoms with E-state index < -0.39 is 4.92 Å². The lowest BCUT2D eigenvalue weighted by molar-refractivity contribution is -0.385. The topological polar surface area (TPSA) is 66.9 Å². The molecule has 0 fully saturated rings. The molecule has 1 aromatic rings. The molecular formula is C10H9BrN2O2. The Bertz CT molecular complexity index is 424. The van der Waals surface area contributed by atoms with Gasteiger partial charge in [-0.05, 0) is 18.1 Å². The fourth-order valence-electron chi connectivity index (χ4n) is 1.28. The van der Waals surface area contributed by atoms with E-state index in [1.165, 1.54) is 6.07 Å². The molecule has 0 aliphatic rings. The van der Waals surface area contributed by atoms with E-state index >= 15 is 0 Å². The van der Waals surface area contributed by atoms with Gasteiger partial charge >= 0.3 is 0 Å². The molecule has 1 aromatic carbocycles. The zero-order valence-corrected chi connectivity index (χ0v) is 9.69. The van der Waals surface area contributed by atoms with E-state index in [2.05, 4.69) is 15.9 Å². The first kappa shape index (κ1) is 11.7. The van der Waals surface area contributed by atoms with Crippen molar-refractivity contribution >= 4 is 21.6 Å². The minimum absolute atomic E-state index is 0.116. The number of nitro groups is 1. The molecule has 0 aliphatic heterocycles. The van der Waals surface area contributed by atoms with Gasteiger partial charge in [-0.3, -0.25) is 10.1 Å². The summed E-state index contributed by atoms with van der Waals surface area (Å²) in [6.07, 6.45) is 0.743. The predicted octanol–water partition coefficient (Wildman–Crippen LogP) is 2.79. The second-order valence-electron chi connectivity index (χ2n) is 3.21. The van der Waals surface area contributed by atoms with Gasteiger partial charge in [0.15, 0.2) is 0 Å².